The number of aromatic nitrogens is 2. The van der Waals surface area contributed by atoms with E-state index in [1.807, 2.05) is 44.2 Å². The first-order valence-corrected chi connectivity index (χ1v) is 6.12. The first kappa shape index (κ1) is 11.9. The molecule has 0 aliphatic heterocycles. The van der Waals surface area contributed by atoms with Crippen molar-refractivity contribution in [1.82, 2.24) is 10.1 Å². The van der Waals surface area contributed by atoms with Crippen molar-refractivity contribution >= 4 is 10.9 Å². The first-order valence-electron chi connectivity index (χ1n) is 6.12. The van der Waals surface area contributed by atoms with E-state index in [4.69, 9.17) is 4.52 Å². The molecule has 0 saturated carbocycles. The summed E-state index contributed by atoms with van der Waals surface area (Å²) in [5.41, 5.74) is 4.43. The molecule has 3 aromatic rings. The van der Waals surface area contributed by atoms with E-state index in [1.54, 1.807) is 0 Å². The number of pyridine rings is 1. The Labute approximate surface area is 110 Å². The Kier molecular flexibility index (Phi) is 2.80. The maximum atomic E-state index is 9.20. The lowest BCUT2D eigenvalue weighted by molar-refractivity contribution is 0.282. The summed E-state index contributed by atoms with van der Waals surface area (Å²) >= 11 is 0. The molecule has 1 aromatic carbocycles. The maximum Gasteiger partial charge on any atom is 0.185 e. The number of hydrogen-bond acceptors (Lipinski definition) is 4. The molecular formula is C15H14N2O2. The van der Waals surface area contributed by atoms with E-state index in [1.165, 1.54) is 0 Å². The highest BCUT2D eigenvalue weighted by atomic mass is 16.5. The molecule has 4 nitrogen and oxygen atoms in total. The third kappa shape index (κ3) is 2.11. The monoisotopic (exact) mass is 254 g/mol. The zero-order valence-corrected chi connectivity index (χ0v) is 10.8. The van der Waals surface area contributed by atoms with Crippen molar-refractivity contribution in [1.29, 1.82) is 0 Å². The van der Waals surface area contributed by atoms with E-state index < -0.39 is 0 Å². The second-order valence-electron chi connectivity index (χ2n) is 4.67. The molecule has 0 aliphatic rings. The molecule has 4 heteroatoms. The summed E-state index contributed by atoms with van der Waals surface area (Å²) in [6.45, 7) is 3.93. The van der Waals surface area contributed by atoms with Gasteiger partial charge in [0.15, 0.2) is 5.76 Å². The minimum atomic E-state index is 0.0162. The van der Waals surface area contributed by atoms with Crippen molar-refractivity contribution in [3.8, 4) is 11.5 Å². The molecule has 3 rings (SSSR count). The number of hydrogen-bond donors (Lipinski definition) is 1. The fraction of sp³-hybridized carbons (Fsp3) is 0.200. The molecule has 0 aliphatic carbocycles. The Balaban J connectivity index is 2.22. The van der Waals surface area contributed by atoms with E-state index in [2.05, 4.69) is 10.1 Å². The van der Waals surface area contributed by atoms with Gasteiger partial charge in [-0.25, -0.2) is 4.98 Å². The lowest BCUT2D eigenvalue weighted by Gasteiger charge is -2.05. The van der Waals surface area contributed by atoms with Crippen LogP contribution in [0.1, 0.15) is 16.8 Å². The van der Waals surface area contributed by atoms with Crippen LogP contribution in [-0.4, -0.2) is 15.2 Å². The molecule has 0 atom stereocenters. The molecule has 2 heterocycles. The number of aliphatic hydroxyl groups is 1. The summed E-state index contributed by atoms with van der Waals surface area (Å²) in [5.74, 6) is 0.664. The van der Waals surface area contributed by atoms with Crippen LogP contribution in [0.2, 0.25) is 0 Å². The Morgan fingerprint density at radius 3 is 2.68 bits per heavy atom. The van der Waals surface area contributed by atoms with Gasteiger partial charge < -0.3 is 9.63 Å². The maximum absolute atomic E-state index is 9.20. The Bertz CT molecular complexity index is 747. The van der Waals surface area contributed by atoms with Crippen LogP contribution in [0.15, 0.2) is 34.9 Å². The van der Waals surface area contributed by atoms with E-state index in [-0.39, 0.29) is 6.61 Å². The zero-order valence-electron chi connectivity index (χ0n) is 10.8. The number of benzene rings is 1. The summed E-state index contributed by atoms with van der Waals surface area (Å²) in [4.78, 5) is 4.58. The van der Waals surface area contributed by atoms with Crippen molar-refractivity contribution in [3.05, 3.63) is 47.2 Å². The Morgan fingerprint density at radius 2 is 2.00 bits per heavy atom. The zero-order chi connectivity index (χ0) is 13.4. The Morgan fingerprint density at radius 1 is 1.16 bits per heavy atom. The van der Waals surface area contributed by atoms with Gasteiger partial charge in [-0.2, -0.15) is 0 Å². The number of aliphatic hydroxyl groups excluding tert-OH is 1. The summed E-state index contributed by atoms with van der Waals surface area (Å²) in [6.07, 6.45) is 0. The SMILES string of the molecule is Cc1cc(-c2cc(C)c3ccc(CO)cc3n2)on1. The largest absolute Gasteiger partial charge is 0.392 e. The fourth-order valence-electron chi connectivity index (χ4n) is 2.16. The van der Waals surface area contributed by atoms with Crippen LogP contribution in [-0.2, 0) is 6.61 Å². The van der Waals surface area contributed by atoms with Gasteiger partial charge in [0.2, 0.25) is 0 Å². The standard InChI is InChI=1S/C15H14N2O2/c1-9-5-14(15-6-10(2)17-19-15)16-13-7-11(8-18)3-4-12(9)13/h3-7,18H,8H2,1-2H3. The van der Waals surface area contributed by atoms with Gasteiger partial charge in [-0.15, -0.1) is 0 Å². The van der Waals surface area contributed by atoms with Crippen LogP contribution >= 0.6 is 0 Å². The summed E-state index contributed by atoms with van der Waals surface area (Å²) in [6, 6.07) is 9.65. The molecule has 1 N–H and O–H groups in total. The van der Waals surface area contributed by atoms with Crippen molar-refractivity contribution in [2.24, 2.45) is 0 Å². The topological polar surface area (TPSA) is 59.2 Å². The summed E-state index contributed by atoms with van der Waals surface area (Å²) in [5, 5.41) is 14.2. The van der Waals surface area contributed by atoms with Crippen LogP contribution < -0.4 is 0 Å². The van der Waals surface area contributed by atoms with Crippen molar-refractivity contribution in [3.63, 3.8) is 0 Å². The van der Waals surface area contributed by atoms with Crippen LogP contribution in [0, 0.1) is 13.8 Å². The van der Waals surface area contributed by atoms with E-state index in [0.29, 0.717) is 5.76 Å². The molecule has 19 heavy (non-hydrogen) atoms. The lowest BCUT2D eigenvalue weighted by Crippen LogP contribution is -1.90. The van der Waals surface area contributed by atoms with Crippen LogP contribution in [0.25, 0.3) is 22.4 Å². The molecule has 2 aromatic heterocycles. The van der Waals surface area contributed by atoms with E-state index >= 15 is 0 Å². The second kappa shape index (κ2) is 4.48. The van der Waals surface area contributed by atoms with Gasteiger partial charge in [0.1, 0.15) is 5.69 Å². The van der Waals surface area contributed by atoms with Gasteiger partial charge in [-0.1, -0.05) is 17.3 Å². The summed E-state index contributed by atoms with van der Waals surface area (Å²) < 4.78 is 5.25. The number of nitrogens with zero attached hydrogens (tertiary/aromatic N) is 2. The second-order valence-corrected chi connectivity index (χ2v) is 4.67. The van der Waals surface area contributed by atoms with Crippen LogP contribution in [0.3, 0.4) is 0 Å². The van der Waals surface area contributed by atoms with Crippen molar-refractivity contribution in [2.75, 3.05) is 0 Å². The number of aryl methyl sites for hydroxylation is 2. The van der Waals surface area contributed by atoms with Gasteiger partial charge in [0.25, 0.3) is 0 Å². The first-order chi connectivity index (χ1) is 9.17. The minimum Gasteiger partial charge on any atom is -0.392 e. The molecule has 96 valence electrons. The number of fused-ring (bicyclic) bond motifs is 1. The molecule has 0 bridgehead atoms. The van der Waals surface area contributed by atoms with Gasteiger partial charge in [0, 0.05) is 11.5 Å². The highest BCUT2D eigenvalue weighted by molar-refractivity contribution is 5.85. The average molecular weight is 254 g/mol. The van der Waals surface area contributed by atoms with Gasteiger partial charge >= 0.3 is 0 Å². The molecule has 0 fully saturated rings. The predicted molar refractivity (Wildman–Crippen MR) is 72.6 cm³/mol. The normalized spacial score (nSPS) is 11.1. The third-order valence-corrected chi connectivity index (χ3v) is 3.14. The van der Waals surface area contributed by atoms with Crippen LogP contribution in [0.4, 0.5) is 0 Å². The lowest BCUT2D eigenvalue weighted by atomic mass is 10.1. The molecule has 0 unspecified atom stereocenters. The van der Waals surface area contributed by atoms with Gasteiger partial charge in [-0.3, -0.25) is 0 Å². The van der Waals surface area contributed by atoms with E-state index in [0.717, 1.165) is 33.4 Å². The molecule has 0 radical (unpaired) electrons. The van der Waals surface area contributed by atoms with Gasteiger partial charge in [0.05, 0.1) is 17.8 Å². The van der Waals surface area contributed by atoms with Crippen LogP contribution in [0.5, 0.6) is 0 Å². The fourth-order valence-corrected chi connectivity index (χ4v) is 2.16. The smallest absolute Gasteiger partial charge is 0.185 e. The highest BCUT2D eigenvalue weighted by Crippen LogP contribution is 2.25. The number of rotatable bonds is 2. The van der Waals surface area contributed by atoms with Crippen molar-refractivity contribution < 1.29 is 9.63 Å². The predicted octanol–water partition coefficient (Wildman–Crippen LogP) is 3.00. The van der Waals surface area contributed by atoms with Gasteiger partial charge in [-0.05, 0) is 37.1 Å². The molecule has 0 amide bonds. The molecule has 0 saturated heterocycles. The molecular weight excluding hydrogens is 240 g/mol. The highest BCUT2D eigenvalue weighted by Gasteiger charge is 2.09. The quantitative estimate of drug-likeness (QED) is 0.763. The van der Waals surface area contributed by atoms with Crippen molar-refractivity contribution in [2.45, 2.75) is 20.5 Å². The molecule has 0 spiro atoms. The van der Waals surface area contributed by atoms with E-state index in [9.17, 15) is 5.11 Å². The average Bonchev–Trinajstić information content (AvgIpc) is 2.84. The Hall–Kier alpha value is -2.20. The third-order valence-electron chi connectivity index (χ3n) is 3.14. The summed E-state index contributed by atoms with van der Waals surface area (Å²) in [7, 11) is 0. The minimum absolute atomic E-state index is 0.0162.